The maximum Gasteiger partial charge on any atom is 0.216 e. The van der Waals surface area contributed by atoms with Crippen molar-refractivity contribution in [1.82, 2.24) is 10.6 Å². The van der Waals surface area contributed by atoms with Gasteiger partial charge in [0.25, 0.3) is 0 Å². The molecule has 1 amide bonds. The van der Waals surface area contributed by atoms with E-state index < -0.39 is 0 Å². The smallest absolute Gasteiger partial charge is 0.216 e. The molecule has 2 aromatic carbocycles. The second-order valence-electron chi connectivity index (χ2n) is 5.80. The summed E-state index contributed by atoms with van der Waals surface area (Å²) in [5.41, 5.74) is 1.24. The zero-order valence-corrected chi connectivity index (χ0v) is 12.9. The molecule has 2 N–H and O–H groups in total. The Morgan fingerprint density at radius 2 is 2.09 bits per heavy atom. The fourth-order valence-electron chi connectivity index (χ4n) is 2.49. The predicted octanol–water partition coefficient (Wildman–Crippen LogP) is 2.61. The van der Waals surface area contributed by atoms with Crippen LogP contribution in [0.15, 0.2) is 36.4 Å². The molecule has 0 spiro atoms. The van der Waals surface area contributed by atoms with Gasteiger partial charge in [-0.1, -0.05) is 24.3 Å². The number of benzene rings is 2. The quantitative estimate of drug-likeness (QED) is 0.773. The summed E-state index contributed by atoms with van der Waals surface area (Å²) in [4.78, 5) is 10.9. The van der Waals surface area contributed by atoms with E-state index in [0.717, 1.165) is 17.7 Å². The Labute approximate surface area is 130 Å². The summed E-state index contributed by atoms with van der Waals surface area (Å²) in [6, 6.07) is 13.2. The van der Waals surface area contributed by atoms with Crippen LogP contribution < -0.4 is 15.4 Å². The lowest BCUT2D eigenvalue weighted by Gasteiger charge is -2.13. The predicted molar refractivity (Wildman–Crippen MR) is 88.0 cm³/mol. The third-order valence-electron chi connectivity index (χ3n) is 3.79. The second kappa shape index (κ2) is 6.79. The van der Waals surface area contributed by atoms with Crippen molar-refractivity contribution in [1.29, 1.82) is 0 Å². The van der Waals surface area contributed by atoms with Crippen LogP contribution in [0.25, 0.3) is 10.8 Å². The number of hydrogen-bond acceptors (Lipinski definition) is 3. The molecule has 116 valence electrons. The maximum absolute atomic E-state index is 10.9. The van der Waals surface area contributed by atoms with Crippen molar-refractivity contribution in [3.05, 3.63) is 42.0 Å². The zero-order chi connectivity index (χ0) is 15.4. The molecule has 0 bridgehead atoms. The lowest BCUT2D eigenvalue weighted by atomic mass is 10.1. The van der Waals surface area contributed by atoms with Gasteiger partial charge in [-0.3, -0.25) is 4.79 Å². The highest BCUT2D eigenvalue weighted by molar-refractivity contribution is 5.89. The molecule has 22 heavy (non-hydrogen) atoms. The van der Waals surface area contributed by atoms with E-state index in [2.05, 4.69) is 34.9 Å². The molecule has 0 unspecified atom stereocenters. The van der Waals surface area contributed by atoms with E-state index >= 15 is 0 Å². The standard InChI is InChI=1S/C18H22N2O2/c1-13(21)19-8-9-22-18-11-14(12-20-16-6-7-16)10-15-4-2-3-5-17(15)18/h2-5,10-11,16,20H,6-9,12H2,1H3,(H,19,21). The number of amides is 1. The molecular weight excluding hydrogens is 276 g/mol. The highest BCUT2D eigenvalue weighted by Gasteiger charge is 2.20. The molecule has 4 heteroatoms. The van der Waals surface area contributed by atoms with Gasteiger partial charge in [-0.15, -0.1) is 0 Å². The Morgan fingerprint density at radius 1 is 1.27 bits per heavy atom. The molecular formula is C18H22N2O2. The monoisotopic (exact) mass is 298 g/mol. The van der Waals surface area contributed by atoms with Gasteiger partial charge in [0.05, 0.1) is 6.54 Å². The Bertz CT molecular complexity index is 665. The van der Waals surface area contributed by atoms with Gasteiger partial charge in [-0.05, 0) is 35.9 Å². The fourth-order valence-corrected chi connectivity index (χ4v) is 2.49. The van der Waals surface area contributed by atoms with Crippen molar-refractivity contribution in [2.75, 3.05) is 13.2 Å². The van der Waals surface area contributed by atoms with Crippen molar-refractivity contribution in [3.63, 3.8) is 0 Å². The molecule has 0 radical (unpaired) electrons. The summed E-state index contributed by atoms with van der Waals surface area (Å²) in [6.45, 7) is 3.38. The van der Waals surface area contributed by atoms with E-state index in [4.69, 9.17) is 4.74 Å². The van der Waals surface area contributed by atoms with E-state index in [1.165, 1.54) is 30.7 Å². The van der Waals surface area contributed by atoms with Gasteiger partial charge in [-0.2, -0.15) is 0 Å². The number of fused-ring (bicyclic) bond motifs is 1. The SMILES string of the molecule is CC(=O)NCCOc1cc(CNC2CC2)cc2ccccc12. The van der Waals surface area contributed by atoms with Crippen LogP contribution in [0, 0.1) is 0 Å². The molecule has 4 nitrogen and oxygen atoms in total. The molecule has 0 aliphatic heterocycles. The Kier molecular flexibility index (Phi) is 4.59. The maximum atomic E-state index is 10.9. The summed E-state index contributed by atoms with van der Waals surface area (Å²) in [7, 11) is 0. The van der Waals surface area contributed by atoms with Gasteiger partial charge in [0.15, 0.2) is 0 Å². The summed E-state index contributed by atoms with van der Waals surface area (Å²) in [6.07, 6.45) is 2.57. The Hall–Kier alpha value is -2.07. The van der Waals surface area contributed by atoms with E-state index in [9.17, 15) is 4.79 Å². The largest absolute Gasteiger partial charge is 0.491 e. The highest BCUT2D eigenvalue weighted by Crippen LogP contribution is 2.28. The van der Waals surface area contributed by atoms with Crippen molar-refractivity contribution in [2.24, 2.45) is 0 Å². The van der Waals surface area contributed by atoms with E-state index in [0.29, 0.717) is 19.2 Å². The lowest BCUT2D eigenvalue weighted by Crippen LogP contribution is -2.25. The number of ether oxygens (including phenoxy) is 1. The average Bonchev–Trinajstić information content (AvgIpc) is 3.33. The minimum Gasteiger partial charge on any atom is -0.491 e. The molecule has 0 heterocycles. The van der Waals surface area contributed by atoms with Crippen molar-refractivity contribution >= 4 is 16.7 Å². The Morgan fingerprint density at radius 3 is 2.86 bits per heavy atom. The molecule has 1 fully saturated rings. The molecule has 1 saturated carbocycles. The van der Waals surface area contributed by atoms with Gasteiger partial charge in [0.2, 0.25) is 5.91 Å². The van der Waals surface area contributed by atoms with E-state index in [1.807, 2.05) is 12.1 Å². The van der Waals surface area contributed by atoms with Crippen molar-refractivity contribution in [3.8, 4) is 5.75 Å². The molecule has 0 atom stereocenters. The van der Waals surface area contributed by atoms with Crippen LogP contribution in [0.2, 0.25) is 0 Å². The number of carbonyl (C=O) groups excluding carboxylic acids is 1. The molecule has 0 saturated heterocycles. The average molecular weight is 298 g/mol. The van der Waals surface area contributed by atoms with Crippen LogP contribution in [-0.4, -0.2) is 25.1 Å². The third-order valence-corrected chi connectivity index (χ3v) is 3.79. The first kappa shape index (κ1) is 14.9. The molecule has 3 rings (SSSR count). The molecule has 2 aromatic rings. The third kappa shape index (κ3) is 3.98. The van der Waals surface area contributed by atoms with Gasteiger partial charge < -0.3 is 15.4 Å². The number of rotatable bonds is 7. The summed E-state index contributed by atoms with van der Waals surface area (Å²) in [5.74, 6) is 0.854. The van der Waals surface area contributed by atoms with Crippen LogP contribution in [0.1, 0.15) is 25.3 Å². The fraction of sp³-hybridized carbons (Fsp3) is 0.389. The topological polar surface area (TPSA) is 50.4 Å². The lowest BCUT2D eigenvalue weighted by molar-refractivity contribution is -0.119. The number of carbonyl (C=O) groups is 1. The van der Waals surface area contributed by atoms with Gasteiger partial charge in [0, 0.05) is 24.9 Å². The summed E-state index contributed by atoms with van der Waals surface area (Å²) in [5, 5.41) is 8.58. The second-order valence-corrected chi connectivity index (χ2v) is 5.80. The van der Waals surface area contributed by atoms with Crippen LogP contribution in [0.4, 0.5) is 0 Å². The van der Waals surface area contributed by atoms with Gasteiger partial charge >= 0.3 is 0 Å². The van der Waals surface area contributed by atoms with E-state index in [-0.39, 0.29) is 5.91 Å². The summed E-state index contributed by atoms with van der Waals surface area (Å²) >= 11 is 0. The number of nitrogens with one attached hydrogen (secondary N) is 2. The first-order valence-electron chi connectivity index (χ1n) is 7.84. The first-order chi connectivity index (χ1) is 10.7. The molecule has 1 aliphatic carbocycles. The normalized spacial score (nSPS) is 14.0. The van der Waals surface area contributed by atoms with Crippen LogP contribution in [-0.2, 0) is 11.3 Å². The van der Waals surface area contributed by atoms with Crippen molar-refractivity contribution in [2.45, 2.75) is 32.4 Å². The summed E-state index contributed by atoms with van der Waals surface area (Å²) < 4.78 is 5.89. The highest BCUT2D eigenvalue weighted by atomic mass is 16.5. The van der Waals surface area contributed by atoms with E-state index in [1.54, 1.807) is 0 Å². The van der Waals surface area contributed by atoms with Crippen LogP contribution in [0.5, 0.6) is 5.75 Å². The zero-order valence-electron chi connectivity index (χ0n) is 12.9. The molecule has 0 aromatic heterocycles. The Balaban J connectivity index is 1.74. The van der Waals surface area contributed by atoms with Gasteiger partial charge in [0.1, 0.15) is 12.4 Å². The minimum absolute atomic E-state index is 0.0316. The first-order valence-corrected chi connectivity index (χ1v) is 7.84. The minimum atomic E-state index is -0.0316. The number of hydrogen-bond donors (Lipinski definition) is 2. The van der Waals surface area contributed by atoms with Gasteiger partial charge in [-0.25, -0.2) is 0 Å². The van der Waals surface area contributed by atoms with Crippen LogP contribution >= 0.6 is 0 Å². The van der Waals surface area contributed by atoms with Crippen LogP contribution in [0.3, 0.4) is 0 Å². The van der Waals surface area contributed by atoms with Crippen molar-refractivity contribution < 1.29 is 9.53 Å². The molecule has 1 aliphatic rings.